The standard InChI is InChI=1S/C18H19BrN2O3/c19-15-6-2-7-16(11-15)24-9-3-8-17(22)21-12-13-4-1-5-14(10-13)18(20)23/h1-2,4-7,10-11H,3,8-9,12H2,(H2,20,23)(H,21,22). The summed E-state index contributed by atoms with van der Waals surface area (Å²) in [6.45, 7) is 0.841. The van der Waals surface area contributed by atoms with Gasteiger partial charge in [0.25, 0.3) is 0 Å². The Bertz CT molecular complexity index is 719. The highest BCUT2D eigenvalue weighted by atomic mass is 79.9. The SMILES string of the molecule is NC(=O)c1cccc(CNC(=O)CCCOc2cccc(Br)c2)c1. The van der Waals surface area contributed by atoms with Crippen molar-refractivity contribution in [3.8, 4) is 5.75 Å². The normalized spacial score (nSPS) is 10.2. The lowest BCUT2D eigenvalue weighted by atomic mass is 10.1. The molecule has 126 valence electrons. The predicted molar refractivity (Wildman–Crippen MR) is 95.7 cm³/mol. The lowest BCUT2D eigenvalue weighted by molar-refractivity contribution is -0.121. The molecule has 6 heteroatoms. The number of benzene rings is 2. The minimum absolute atomic E-state index is 0.0580. The molecular formula is C18H19BrN2O3. The molecule has 0 bridgehead atoms. The van der Waals surface area contributed by atoms with Crippen LogP contribution in [0.3, 0.4) is 0 Å². The first-order valence-electron chi connectivity index (χ1n) is 7.58. The Kier molecular flexibility index (Phi) is 6.81. The van der Waals surface area contributed by atoms with Crippen molar-refractivity contribution in [2.75, 3.05) is 6.61 Å². The second kappa shape index (κ2) is 9.08. The average Bonchev–Trinajstić information content (AvgIpc) is 2.57. The van der Waals surface area contributed by atoms with Crippen LogP contribution in [0, 0.1) is 0 Å². The molecule has 2 rings (SSSR count). The van der Waals surface area contributed by atoms with Crippen LogP contribution in [-0.2, 0) is 11.3 Å². The summed E-state index contributed by atoms with van der Waals surface area (Å²) in [5, 5.41) is 2.82. The van der Waals surface area contributed by atoms with Gasteiger partial charge in [-0.2, -0.15) is 0 Å². The van der Waals surface area contributed by atoms with Crippen molar-refractivity contribution in [2.24, 2.45) is 5.73 Å². The van der Waals surface area contributed by atoms with Gasteiger partial charge in [0.05, 0.1) is 6.61 Å². The summed E-state index contributed by atoms with van der Waals surface area (Å²) in [5.41, 5.74) is 6.51. The summed E-state index contributed by atoms with van der Waals surface area (Å²) < 4.78 is 6.54. The van der Waals surface area contributed by atoms with Crippen LogP contribution in [-0.4, -0.2) is 18.4 Å². The van der Waals surface area contributed by atoms with Crippen LogP contribution in [0.25, 0.3) is 0 Å². The molecule has 2 amide bonds. The van der Waals surface area contributed by atoms with E-state index in [4.69, 9.17) is 10.5 Å². The van der Waals surface area contributed by atoms with Crippen molar-refractivity contribution in [2.45, 2.75) is 19.4 Å². The number of carbonyl (C=O) groups is 2. The van der Waals surface area contributed by atoms with E-state index < -0.39 is 5.91 Å². The van der Waals surface area contributed by atoms with Crippen LogP contribution >= 0.6 is 15.9 Å². The quantitative estimate of drug-likeness (QED) is 0.679. The van der Waals surface area contributed by atoms with E-state index in [0.717, 1.165) is 15.8 Å². The van der Waals surface area contributed by atoms with Crippen molar-refractivity contribution in [1.29, 1.82) is 0 Å². The van der Waals surface area contributed by atoms with Gasteiger partial charge in [-0.15, -0.1) is 0 Å². The van der Waals surface area contributed by atoms with E-state index in [-0.39, 0.29) is 5.91 Å². The van der Waals surface area contributed by atoms with Crippen molar-refractivity contribution in [3.63, 3.8) is 0 Å². The third-order valence-corrected chi connectivity index (χ3v) is 3.81. The van der Waals surface area contributed by atoms with E-state index in [2.05, 4.69) is 21.2 Å². The van der Waals surface area contributed by atoms with Gasteiger partial charge in [0.15, 0.2) is 0 Å². The van der Waals surface area contributed by atoms with Crippen molar-refractivity contribution in [1.82, 2.24) is 5.32 Å². The molecule has 0 saturated heterocycles. The molecule has 0 aliphatic rings. The molecule has 0 aromatic heterocycles. The molecule has 0 aliphatic heterocycles. The smallest absolute Gasteiger partial charge is 0.248 e. The monoisotopic (exact) mass is 390 g/mol. The number of hydrogen-bond donors (Lipinski definition) is 2. The van der Waals surface area contributed by atoms with Crippen LogP contribution in [0.5, 0.6) is 5.75 Å². The molecule has 24 heavy (non-hydrogen) atoms. The Hall–Kier alpha value is -2.34. The first kappa shape index (κ1) is 18.0. The zero-order valence-electron chi connectivity index (χ0n) is 13.1. The number of hydrogen-bond acceptors (Lipinski definition) is 3. The molecular weight excluding hydrogens is 372 g/mol. The average molecular weight is 391 g/mol. The third-order valence-electron chi connectivity index (χ3n) is 3.31. The van der Waals surface area contributed by atoms with E-state index in [1.165, 1.54) is 0 Å². The molecule has 0 fully saturated rings. The summed E-state index contributed by atoms with van der Waals surface area (Å²) in [6, 6.07) is 14.5. The van der Waals surface area contributed by atoms with Crippen molar-refractivity contribution in [3.05, 3.63) is 64.1 Å². The van der Waals surface area contributed by atoms with Crippen LogP contribution in [0.15, 0.2) is 53.0 Å². The van der Waals surface area contributed by atoms with Gasteiger partial charge in [-0.3, -0.25) is 9.59 Å². The Labute approximate surface area is 149 Å². The largest absolute Gasteiger partial charge is 0.494 e. The Morgan fingerprint density at radius 1 is 1.12 bits per heavy atom. The molecule has 5 nitrogen and oxygen atoms in total. The van der Waals surface area contributed by atoms with Crippen molar-refractivity contribution < 1.29 is 14.3 Å². The van der Waals surface area contributed by atoms with E-state index >= 15 is 0 Å². The highest BCUT2D eigenvalue weighted by Crippen LogP contribution is 2.17. The maximum Gasteiger partial charge on any atom is 0.248 e. The third kappa shape index (κ3) is 6.04. The molecule has 0 unspecified atom stereocenters. The Morgan fingerprint density at radius 3 is 2.67 bits per heavy atom. The van der Waals surface area contributed by atoms with E-state index in [9.17, 15) is 9.59 Å². The number of amides is 2. The van der Waals surface area contributed by atoms with E-state index in [0.29, 0.717) is 31.6 Å². The van der Waals surface area contributed by atoms with E-state index in [1.54, 1.807) is 18.2 Å². The fraction of sp³-hybridized carbons (Fsp3) is 0.222. The van der Waals surface area contributed by atoms with E-state index in [1.807, 2.05) is 30.3 Å². The molecule has 0 atom stereocenters. The highest BCUT2D eigenvalue weighted by molar-refractivity contribution is 9.10. The number of primary amides is 1. The molecule has 2 aromatic rings. The number of ether oxygens (including phenoxy) is 1. The maximum absolute atomic E-state index is 11.8. The number of rotatable bonds is 8. The molecule has 0 radical (unpaired) electrons. The molecule has 3 N–H and O–H groups in total. The topological polar surface area (TPSA) is 81.4 Å². The van der Waals surface area contributed by atoms with Crippen LogP contribution in [0.1, 0.15) is 28.8 Å². The molecule has 0 saturated carbocycles. The van der Waals surface area contributed by atoms with Gasteiger partial charge in [-0.05, 0) is 42.3 Å². The summed E-state index contributed by atoms with van der Waals surface area (Å²) in [6.07, 6.45) is 1.00. The lowest BCUT2D eigenvalue weighted by Crippen LogP contribution is -2.23. The van der Waals surface area contributed by atoms with Crippen LogP contribution in [0.2, 0.25) is 0 Å². The number of halogens is 1. The summed E-state index contributed by atoms with van der Waals surface area (Å²) in [5.74, 6) is 0.234. The van der Waals surface area contributed by atoms with Gasteiger partial charge in [-0.25, -0.2) is 0 Å². The molecule has 0 spiro atoms. The summed E-state index contributed by atoms with van der Waals surface area (Å²) in [7, 11) is 0. The maximum atomic E-state index is 11.8. The minimum atomic E-state index is -0.479. The number of nitrogens with one attached hydrogen (secondary N) is 1. The number of nitrogens with two attached hydrogens (primary N) is 1. The van der Waals surface area contributed by atoms with Gasteiger partial charge >= 0.3 is 0 Å². The van der Waals surface area contributed by atoms with Gasteiger partial charge in [-0.1, -0.05) is 34.1 Å². The Morgan fingerprint density at radius 2 is 1.92 bits per heavy atom. The minimum Gasteiger partial charge on any atom is -0.494 e. The lowest BCUT2D eigenvalue weighted by Gasteiger charge is -2.08. The van der Waals surface area contributed by atoms with Crippen LogP contribution < -0.4 is 15.8 Å². The zero-order valence-corrected chi connectivity index (χ0v) is 14.7. The van der Waals surface area contributed by atoms with Gasteiger partial charge < -0.3 is 15.8 Å². The molecule has 2 aromatic carbocycles. The highest BCUT2D eigenvalue weighted by Gasteiger charge is 2.04. The second-order valence-corrected chi connectivity index (χ2v) is 6.17. The first-order valence-corrected chi connectivity index (χ1v) is 8.38. The fourth-order valence-electron chi connectivity index (χ4n) is 2.10. The van der Waals surface area contributed by atoms with Gasteiger partial charge in [0.1, 0.15) is 5.75 Å². The van der Waals surface area contributed by atoms with Crippen molar-refractivity contribution >= 4 is 27.7 Å². The zero-order chi connectivity index (χ0) is 17.4. The predicted octanol–water partition coefficient (Wildman–Crippen LogP) is 3.02. The second-order valence-electron chi connectivity index (χ2n) is 5.25. The summed E-state index contributed by atoms with van der Waals surface area (Å²) >= 11 is 3.38. The van der Waals surface area contributed by atoms with Gasteiger partial charge in [0, 0.05) is 23.0 Å². The number of carbonyl (C=O) groups excluding carboxylic acids is 2. The fourth-order valence-corrected chi connectivity index (χ4v) is 2.48. The molecule has 0 aliphatic carbocycles. The van der Waals surface area contributed by atoms with Crippen LogP contribution in [0.4, 0.5) is 0 Å². The summed E-state index contributed by atoms with van der Waals surface area (Å²) in [4.78, 5) is 23.0. The van der Waals surface area contributed by atoms with Gasteiger partial charge in [0.2, 0.25) is 11.8 Å². The first-order chi connectivity index (χ1) is 11.5. The Balaban J connectivity index is 1.68. The molecule has 0 heterocycles.